The highest BCUT2D eigenvalue weighted by Crippen LogP contribution is 2.42. The van der Waals surface area contributed by atoms with Gasteiger partial charge in [-0.05, 0) is 18.2 Å². The van der Waals surface area contributed by atoms with Crippen LogP contribution in [0.1, 0.15) is 22.8 Å². The summed E-state index contributed by atoms with van der Waals surface area (Å²) in [6, 6.07) is 13.8. The maximum absolute atomic E-state index is 13.1. The second kappa shape index (κ2) is 6.57. The van der Waals surface area contributed by atoms with Crippen LogP contribution in [0.4, 0.5) is 0 Å². The molecular formula is C19H18O6. The number of carbonyl (C=O) groups is 2. The molecule has 0 spiro atoms. The second-order valence-electron chi connectivity index (χ2n) is 5.56. The van der Waals surface area contributed by atoms with Crippen molar-refractivity contribution >= 4 is 11.8 Å². The molecule has 0 unspecified atom stereocenters. The summed E-state index contributed by atoms with van der Waals surface area (Å²) in [5, 5.41) is 0. The van der Waals surface area contributed by atoms with Crippen LogP contribution in [-0.2, 0) is 20.1 Å². The predicted octanol–water partition coefficient (Wildman–Crippen LogP) is 2.70. The molecule has 0 aromatic heterocycles. The van der Waals surface area contributed by atoms with E-state index in [1.54, 1.807) is 42.5 Å². The van der Waals surface area contributed by atoms with Gasteiger partial charge in [0.2, 0.25) is 11.9 Å². The summed E-state index contributed by atoms with van der Waals surface area (Å²) < 4.78 is 22.1. The van der Waals surface area contributed by atoms with E-state index in [0.717, 1.165) is 0 Å². The van der Waals surface area contributed by atoms with Crippen LogP contribution >= 0.6 is 0 Å². The van der Waals surface area contributed by atoms with Gasteiger partial charge in [0.1, 0.15) is 11.5 Å². The SMILES string of the molecule is COc1ccc2c(c1)C(=O)[C@@H](OC(C)=O)[C@@](OC)(c1ccccc1)O2. The molecule has 130 valence electrons. The molecule has 0 N–H and O–H groups in total. The maximum Gasteiger partial charge on any atom is 0.303 e. The van der Waals surface area contributed by atoms with Gasteiger partial charge in [-0.1, -0.05) is 30.3 Å². The summed E-state index contributed by atoms with van der Waals surface area (Å²) in [6.45, 7) is 1.24. The molecule has 0 radical (unpaired) electrons. The van der Waals surface area contributed by atoms with Crippen LogP contribution in [0.5, 0.6) is 11.5 Å². The Labute approximate surface area is 145 Å². The molecular weight excluding hydrogens is 324 g/mol. The Morgan fingerprint density at radius 2 is 1.84 bits per heavy atom. The number of benzene rings is 2. The van der Waals surface area contributed by atoms with Crippen molar-refractivity contribution in [1.29, 1.82) is 0 Å². The number of hydrogen-bond donors (Lipinski definition) is 0. The molecule has 6 nitrogen and oxygen atoms in total. The lowest BCUT2D eigenvalue weighted by Gasteiger charge is -2.41. The molecule has 0 saturated carbocycles. The van der Waals surface area contributed by atoms with Crippen molar-refractivity contribution in [2.45, 2.75) is 18.8 Å². The summed E-state index contributed by atoms with van der Waals surface area (Å²) >= 11 is 0. The summed E-state index contributed by atoms with van der Waals surface area (Å²) in [5.41, 5.74) is 0.841. The molecule has 0 saturated heterocycles. The number of fused-ring (bicyclic) bond motifs is 1. The Kier molecular flexibility index (Phi) is 4.46. The predicted molar refractivity (Wildman–Crippen MR) is 88.6 cm³/mol. The Morgan fingerprint density at radius 3 is 2.44 bits per heavy atom. The van der Waals surface area contributed by atoms with Gasteiger partial charge in [0.25, 0.3) is 5.79 Å². The van der Waals surface area contributed by atoms with Crippen LogP contribution in [0.2, 0.25) is 0 Å². The van der Waals surface area contributed by atoms with Crippen molar-refractivity contribution in [3.05, 3.63) is 59.7 Å². The zero-order valence-electron chi connectivity index (χ0n) is 14.1. The van der Waals surface area contributed by atoms with Gasteiger partial charge in [-0.15, -0.1) is 0 Å². The van der Waals surface area contributed by atoms with Crippen LogP contribution in [0.25, 0.3) is 0 Å². The first-order valence-electron chi connectivity index (χ1n) is 7.71. The van der Waals surface area contributed by atoms with E-state index in [1.165, 1.54) is 21.1 Å². The van der Waals surface area contributed by atoms with Gasteiger partial charge < -0.3 is 18.9 Å². The Balaban J connectivity index is 2.19. The number of carbonyl (C=O) groups excluding carboxylic acids is 2. The largest absolute Gasteiger partial charge is 0.497 e. The van der Waals surface area contributed by atoms with Crippen LogP contribution in [0.3, 0.4) is 0 Å². The third-order valence-electron chi connectivity index (χ3n) is 4.06. The van der Waals surface area contributed by atoms with E-state index in [2.05, 4.69) is 0 Å². The van der Waals surface area contributed by atoms with E-state index in [1.807, 2.05) is 6.07 Å². The highest BCUT2D eigenvalue weighted by molar-refractivity contribution is 6.04. The van der Waals surface area contributed by atoms with Crippen molar-refractivity contribution in [3.63, 3.8) is 0 Å². The van der Waals surface area contributed by atoms with Crippen molar-refractivity contribution in [2.75, 3.05) is 14.2 Å². The molecule has 1 aliphatic rings. The van der Waals surface area contributed by atoms with Gasteiger partial charge in [0.05, 0.1) is 12.7 Å². The van der Waals surface area contributed by atoms with Gasteiger partial charge in [0, 0.05) is 19.6 Å². The Hall–Kier alpha value is -2.86. The van der Waals surface area contributed by atoms with E-state index in [4.69, 9.17) is 18.9 Å². The van der Waals surface area contributed by atoms with Crippen molar-refractivity contribution in [2.24, 2.45) is 0 Å². The van der Waals surface area contributed by atoms with Gasteiger partial charge >= 0.3 is 5.97 Å². The molecule has 0 amide bonds. The molecule has 1 aliphatic heterocycles. The molecule has 6 heteroatoms. The van der Waals surface area contributed by atoms with Crippen molar-refractivity contribution < 1.29 is 28.5 Å². The third kappa shape index (κ3) is 2.85. The molecule has 2 atom stereocenters. The van der Waals surface area contributed by atoms with Gasteiger partial charge in [0.15, 0.2) is 0 Å². The Bertz CT molecular complexity index is 801. The molecule has 2 aromatic rings. The van der Waals surface area contributed by atoms with Crippen LogP contribution in [0.15, 0.2) is 48.5 Å². The normalized spacial score (nSPS) is 21.9. The number of methoxy groups -OCH3 is 2. The fourth-order valence-corrected chi connectivity index (χ4v) is 2.89. The average molecular weight is 342 g/mol. The number of Topliss-reactive ketones (excluding diaryl/α,β-unsaturated/α-hetero) is 1. The fraction of sp³-hybridized carbons (Fsp3) is 0.263. The first-order valence-corrected chi connectivity index (χ1v) is 7.71. The highest BCUT2D eigenvalue weighted by Gasteiger charge is 2.54. The van der Waals surface area contributed by atoms with Gasteiger partial charge in [-0.3, -0.25) is 9.59 Å². The summed E-state index contributed by atoms with van der Waals surface area (Å²) in [6.07, 6.45) is -1.28. The van der Waals surface area contributed by atoms with Crippen LogP contribution in [-0.4, -0.2) is 32.1 Å². The number of rotatable bonds is 4. The molecule has 0 aliphatic carbocycles. The van der Waals surface area contributed by atoms with Crippen LogP contribution < -0.4 is 9.47 Å². The second-order valence-corrected chi connectivity index (χ2v) is 5.56. The summed E-state index contributed by atoms with van der Waals surface area (Å²) in [4.78, 5) is 24.7. The van der Waals surface area contributed by atoms with Crippen molar-refractivity contribution in [1.82, 2.24) is 0 Å². The number of ether oxygens (including phenoxy) is 4. The summed E-state index contributed by atoms with van der Waals surface area (Å²) in [7, 11) is 2.91. The number of ketones is 1. The Morgan fingerprint density at radius 1 is 1.12 bits per heavy atom. The molecule has 25 heavy (non-hydrogen) atoms. The molecule has 3 rings (SSSR count). The lowest BCUT2D eigenvalue weighted by atomic mass is 9.90. The fourth-order valence-electron chi connectivity index (χ4n) is 2.89. The topological polar surface area (TPSA) is 71.1 Å². The van der Waals surface area contributed by atoms with Gasteiger partial charge in [-0.25, -0.2) is 0 Å². The third-order valence-corrected chi connectivity index (χ3v) is 4.06. The van der Waals surface area contributed by atoms with Crippen LogP contribution in [0, 0.1) is 0 Å². The van der Waals surface area contributed by atoms with E-state index >= 15 is 0 Å². The minimum Gasteiger partial charge on any atom is -0.497 e. The van der Waals surface area contributed by atoms with E-state index in [0.29, 0.717) is 17.1 Å². The smallest absolute Gasteiger partial charge is 0.303 e. The molecule has 2 aromatic carbocycles. The van der Waals surface area contributed by atoms with E-state index in [-0.39, 0.29) is 5.56 Å². The number of esters is 1. The zero-order chi connectivity index (χ0) is 18.0. The maximum atomic E-state index is 13.1. The minimum atomic E-state index is -1.56. The molecule has 1 heterocycles. The van der Waals surface area contributed by atoms with E-state index < -0.39 is 23.6 Å². The van der Waals surface area contributed by atoms with E-state index in [9.17, 15) is 9.59 Å². The first kappa shape index (κ1) is 17.0. The first-order chi connectivity index (χ1) is 12.0. The minimum absolute atomic E-state index is 0.272. The lowest BCUT2D eigenvalue weighted by Crippen LogP contribution is -2.55. The number of hydrogen-bond acceptors (Lipinski definition) is 6. The van der Waals surface area contributed by atoms with Crippen molar-refractivity contribution in [3.8, 4) is 11.5 Å². The monoisotopic (exact) mass is 342 g/mol. The van der Waals surface area contributed by atoms with Gasteiger partial charge in [-0.2, -0.15) is 0 Å². The molecule has 0 fully saturated rings. The quantitative estimate of drug-likeness (QED) is 0.796. The highest BCUT2D eigenvalue weighted by atomic mass is 16.7. The molecule has 0 bridgehead atoms. The summed E-state index contributed by atoms with van der Waals surface area (Å²) in [5.74, 6) is -1.75. The standard InChI is InChI=1S/C19H18O6/c1-12(20)24-18-17(21)15-11-14(22-2)9-10-16(15)25-19(18,23-3)13-7-5-4-6-8-13/h4-11,18H,1-3H3/t18-,19-/m1/s1. The average Bonchev–Trinajstić information content (AvgIpc) is 2.64. The lowest BCUT2D eigenvalue weighted by molar-refractivity contribution is -0.233. The zero-order valence-corrected chi connectivity index (χ0v) is 14.1.